The van der Waals surface area contributed by atoms with Crippen molar-refractivity contribution >= 4 is 17.5 Å². The molecule has 0 spiro atoms. The van der Waals surface area contributed by atoms with Gasteiger partial charge in [0.15, 0.2) is 0 Å². The van der Waals surface area contributed by atoms with Crippen molar-refractivity contribution in [2.45, 2.75) is 51.0 Å². The highest BCUT2D eigenvalue weighted by atomic mass is 16.2. The molecule has 0 aromatic carbocycles. The van der Waals surface area contributed by atoms with E-state index in [1.54, 1.807) is 17.2 Å². The van der Waals surface area contributed by atoms with Gasteiger partial charge < -0.3 is 10.6 Å². The molecule has 26 heavy (non-hydrogen) atoms. The van der Waals surface area contributed by atoms with Crippen LogP contribution >= 0.6 is 0 Å². The molecule has 0 aromatic heterocycles. The third-order valence-corrected chi connectivity index (χ3v) is 6.27. The van der Waals surface area contributed by atoms with Gasteiger partial charge in [0.2, 0.25) is 5.91 Å². The minimum atomic E-state index is -0.599. The number of rotatable bonds is 4. The normalized spacial score (nSPS) is 28.1. The summed E-state index contributed by atoms with van der Waals surface area (Å²) in [5, 5.41) is 6.16. The van der Waals surface area contributed by atoms with E-state index in [1.165, 1.54) is 38.6 Å². The van der Waals surface area contributed by atoms with Gasteiger partial charge in [-0.25, -0.2) is 5.01 Å². The lowest BCUT2D eigenvalue weighted by Gasteiger charge is -2.37. The smallest absolute Gasteiger partial charge is 0.256 e. The molecule has 1 atom stereocenters. The van der Waals surface area contributed by atoms with E-state index >= 15 is 0 Å². The Morgan fingerprint density at radius 3 is 2.58 bits per heavy atom. The second-order valence-corrected chi connectivity index (χ2v) is 8.02. The number of hydrazone groups is 1. The van der Waals surface area contributed by atoms with Gasteiger partial charge in [0, 0.05) is 25.2 Å². The fourth-order valence-corrected chi connectivity index (χ4v) is 4.83. The van der Waals surface area contributed by atoms with Crippen LogP contribution in [0.15, 0.2) is 28.9 Å². The summed E-state index contributed by atoms with van der Waals surface area (Å²) in [7, 11) is 0. The number of nitrogens with two attached hydrogens (primary N) is 1. The fraction of sp³-hybridized carbons (Fsp3) is 0.650. The monoisotopic (exact) mass is 356 g/mol. The lowest BCUT2D eigenvalue weighted by molar-refractivity contribution is -0.135. The van der Waals surface area contributed by atoms with Crippen molar-refractivity contribution in [3.63, 3.8) is 0 Å². The minimum Gasteiger partial charge on any atom is -0.366 e. The van der Waals surface area contributed by atoms with Gasteiger partial charge in [0.25, 0.3) is 5.91 Å². The molecule has 1 unspecified atom stereocenters. The van der Waals surface area contributed by atoms with Crippen LogP contribution in [0.4, 0.5) is 0 Å². The number of primary amides is 1. The number of likely N-dealkylation sites (tertiary alicyclic amines) is 1. The molecule has 0 radical (unpaired) electrons. The molecule has 2 aliphatic heterocycles. The van der Waals surface area contributed by atoms with E-state index < -0.39 is 11.8 Å². The molecule has 4 rings (SSSR count). The van der Waals surface area contributed by atoms with E-state index in [2.05, 4.69) is 10.0 Å². The van der Waals surface area contributed by atoms with Crippen LogP contribution < -0.4 is 5.73 Å². The Balaban J connectivity index is 1.36. The molecule has 140 valence electrons. The van der Waals surface area contributed by atoms with Gasteiger partial charge in [-0.05, 0) is 37.7 Å². The molecule has 2 amide bonds. The Labute approximate surface area is 154 Å². The van der Waals surface area contributed by atoms with Gasteiger partial charge in [-0.15, -0.1) is 0 Å². The van der Waals surface area contributed by atoms with Crippen LogP contribution in [0, 0.1) is 11.8 Å². The first-order valence-electron chi connectivity index (χ1n) is 9.95. The van der Waals surface area contributed by atoms with Gasteiger partial charge in [0.05, 0.1) is 11.8 Å². The maximum Gasteiger partial charge on any atom is 0.256 e. The second-order valence-electron chi connectivity index (χ2n) is 8.02. The molecule has 1 saturated heterocycles. The van der Waals surface area contributed by atoms with Crippen molar-refractivity contribution in [1.82, 2.24) is 9.91 Å². The molecule has 2 N–H and O–H groups in total. The first-order chi connectivity index (χ1) is 12.6. The predicted molar refractivity (Wildman–Crippen MR) is 100 cm³/mol. The highest BCUT2D eigenvalue weighted by molar-refractivity contribution is 6.21. The number of piperidine rings is 1. The maximum absolute atomic E-state index is 12.9. The van der Waals surface area contributed by atoms with E-state index in [1.807, 2.05) is 6.08 Å². The van der Waals surface area contributed by atoms with Crippen LogP contribution in [-0.4, -0.2) is 53.1 Å². The van der Waals surface area contributed by atoms with Crippen LogP contribution in [0.5, 0.6) is 0 Å². The van der Waals surface area contributed by atoms with E-state index in [9.17, 15) is 9.59 Å². The molecule has 2 aliphatic carbocycles. The highest BCUT2D eigenvalue weighted by Gasteiger charge is 2.43. The number of carbonyl (C=O) groups is 2. The third-order valence-electron chi connectivity index (χ3n) is 6.27. The maximum atomic E-state index is 12.9. The summed E-state index contributed by atoms with van der Waals surface area (Å²) in [6.07, 6.45) is 14.0. The molecular formula is C20H28N4O2. The second kappa shape index (κ2) is 7.35. The average Bonchev–Trinajstić information content (AvgIpc) is 3.00. The van der Waals surface area contributed by atoms with E-state index in [0.29, 0.717) is 11.3 Å². The van der Waals surface area contributed by atoms with Crippen LogP contribution in [0.3, 0.4) is 0 Å². The highest BCUT2D eigenvalue weighted by Crippen LogP contribution is 2.31. The Bertz CT molecular complexity index is 667. The van der Waals surface area contributed by atoms with Gasteiger partial charge in [0.1, 0.15) is 5.92 Å². The van der Waals surface area contributed by atoms with E-state index in [4.69, 9.17) is 5.73 Å². The van der Waals surface area contributed by atoms with Crippen LogP contribution in [0.25, 0.3) is 0 Å². The average molecular weight is 356 g/mol. The van der Waals surface area contributed by atoms with Crippen molar-refractivity contribution in [1.29, 1.82) is 0 Å². The summed E-state index contributed by atoms with van der Waals surface area (Å²) in [6.45, 7) is 3.25. The number of amides is 2. The summed E-state index contributed by atoms with van der Waals surface area (Å²) in [5.74, 6) is -0.382. The topological polar surface area (TPSA) is 79.0 Å². The summed E-state index contributed by atoms with van der Waals surface area (Å²) < 4.78 is 0. The lowest BCUT2D eigenvalue weighted by atomic mass is 9.88. The molecule has 6 nitrogen and oxygen atoms in total. The zero-order valence-corrected chi connectivity index (χ0v) is 15.3. The van der Waals surface area contributed by atoms with Crippen molar-refractivity contribution < 1.29 is 9.59 Å². The van der Waals surface area contributed by atoms with Gasteiger partial charge in [-0.2, -0.15) is 5.10 Å². The summed E-state index contributed by atoms with van der Waals surface area (Å²) in [4.78, 5) is 27.1. The van der Waals surface area contributed by atoms with Crippen molar-refractivity contribution in [2.24, 2.45) is 22.7 Å². The standard InChI is InChI=1S/C20H28N4O2/c21-19(25)16-7-4-8-17-18(16)20(26)24(22-17)15-9-11-23(12-10-15)13-14-5-2-1-3-6-14/h4,7-8,14-15,18H,1-3,5-6,9-13H2,(H2,21,25). The third kappa shape index (κ3) is 3.34. The van der Waals surface area contributed by atoms with Crippen LogP contribution in [0.2, 0.25) is 0 Å². The SMILES string of the molecule is NC(=O)C1=CC=CC2=NN(C3CCN(CC4CCCCC4)CC3)C(=O)C12. The number of hydrogen-bond acceptors (Lipinski definition) is 4. The number of allylic oxidation sites excluding steroid dienone is 3. The quantitative estimate of drug-likeness (QED) is 0.834. The first kappa shape index (κ1) is 17.5. The summed E-state index contributed by atoms with van der Waals surface area (Å²) in [5.41, 5.74) is 6.45. The molecular weight excluding hydrogens is 328 g/mol. The summed E-state index contributed by atoms with van der Waals surface area (Å²) in [6, 6.07) is 0.130. The van der Waals surface area contributed by atoms with Crippen molar-refractivity contribution in [2.75, 3.05) is 19.6 Å². The Hall–Kier alpha value is -1.95. The Morgan fingerprint density at radius 2 is 1.88 bits per heavy atom. The molecule has 0 aromatic rings. The number of carbonyl (C=O) groups excluding carboxylic acids is 2. The van der Waals surface area contributed by atoms with Crippen LogP contribution in [-0.2, 0) is 9.59 Å². The fourth-order valence-electron chi connectivity index (χ4n) is 4.83. The predicted octanol–water partition coefficient (Wildman–Crippen LogP) is 1.83. The molecule has 6 heteroatoms. The summed E-state index contributed by atoms with van der Waals surface area (Å²) >= 11 is 0. The van der Waals surface area contributed by atoms with E-state index in [-0.39, 0.29) is 11.9 Å². The van der Waals surface area contributed by atoms with Gasteiger partial charge >= 0.3 is 0 Å². The van der Waals surface area contributed by atoms with Crippen molar-refractivity contribution in [3.05, 3.63) is 23.8 Å². The molecule has 1 saturated carbocycles. The largest absolute Gasteiger partial charge is 0.366 e. The van der Waals surface area contributed by atoms with Crippen molar-refractivity contribution in [3.8, 4) is 0 Å². The molecule has 4 aliphatic rings. The van der Waals surface area contributed by atoms with E-state index in [0.717, 1.165) is 31.8 Å². The molecule has 2 fully saturated rings. The number of nitrogens with zero attached hydrogens (tertiary/aromatic N) is 3. The van der Waals surface area contributed by atoms with Gasteiger partial charge in [-0.1, -0.05) is 31.4 Å². The molecule has 0 bridgehead atoms. The zero-order valence-electron chi connectivity index (χ0n) is 15.3. The Kier molecular flexibility index (Phi) is 4.94. The zero-order chi connectivity index (χ0) is 18.1. The minimum absolute atomic E-state index is 0.0971. The number of fused-ring (bicyclic) bond motifs is 1. The Morgan fingerprint density at radius 1 is 1.15 bits per heavy atom. The van der Waals surface area contributed by atoms with Gasteiger partial charge in [-0.3, -0.25) is 9.59 Å². The number of hydrogen-bond donors (Lipinski definition) is 1. The van der Waals surface area contributed by atoms with Crippen LogP contribution in [0.1, 0.15) is 44.9 Å². The first-order valence-corrected chi connectivity index (χ1v) is 9.95. The lowest BCUT2D eigenvalue weighted by Crippen LogP contribution is -2.46. The molecule has 2 heterocycles.